The minimum Gasteiger partial charge on any atom is -0.418 e. The second-order valence-electron chi connectivity index (χ2n) is 4.08. The van der Waals surface area contributed by atoms with Gasteiger partial charge in [0.25, 0.3) is 5.82 Å². The minimum atomic E-state index is -6.00. The van der Waals surface area contributed by atoms with Crippen molar-refractivity contribution < 1.29 is 27.0 Å². The Kier molecular flexibility index (Phi) is 7.39. The number of urea groups is 1. The molecule has 2 amide bonds. The summed E-state index contributed by atoms with van der Waals surface area (Å²) in [6.07, 6.45) is 3.75. The fourth-order valence-electron chi connectivity index (χ4n) is 1.46. The number of amides is 2. The zero-order chi connectivity index (χ0) is 17.3. The molecule has 2 rings (SSSR count). The Hall–Kier alpha value is -2.23. The molecule has 0 saturated heterocycles. The number of thioether (sulfide) groups is 1. The lowest BCUT2D eigenvalue weighted by Gasteiger charge is -2.03. The standard InChI is InChI=1S/C13H13N3OS.BF4/c1-18-11-6-4-5-10(9-11)15-13(17)16-12-7-2-3-8-14-12;2-1(3,4)5/h2-9H,1H3,(H2,14,15,16,17);/q;-1/p+1. The predicted octanol–water partition coefficient (Wildman–Crippen LogP) is 4.17. The van der Waals surface area contributed by atoms with Crippen LogP contribution in [0.15, 0.2) is 53.6 Å². The molecule has 0 bridgehead atoms. The number of hydrogen-bond acceptors (Lipinski definition) is 2. The highest BCUT2D eigenvalue weighted by Crippen LogP contribution is 2.18. The first-order valence-corrected chi connectivity index (χ1v) is 7.56. The Morgan fingerprint density at radius 3 is 2.35 bits per heavy atom. The van der Waals surface area contributed by atoms with Crippen molar-refractivity contribution in [2.75, 3.05) is 16.9 Å². The third-order valence-electron chi connectivity index (χ3n) is 2.28. The number of pyridine rings is 1. The average Bonchev–Trinajstić information content (AvgIpc) is 2.46. The number of benzene rings is 1. The van der Waals surface area contributed by atoms with Crippen molar-refractivity contribution in [2.24, 2.45) is 0 Å². The predicted molar refractivity (Wildman–Crippen MR) is 84.0 cm³/mol. The molecule has 0 radical (unpaired) electrons. The van der Waals surface area contributed by atoms with Crippen molar-refractivity contribution in [3.8, 4) is 0 Å². The number of aromatic nitrogens is 1. The minimum absolute atomic E-state index is 0.268. The number of hydrogen-bond donors (Lipinski definition) is 2. The second kappa shape index (κ2) is 9.04. The molecular formula is C13H14BF4N3OS. The summed E-state index contributed by atoms with van der Waals surface area (Å²) in [7, 11) is -6.00. The van der Waals surface area contributed by atoms with Gasteiger partial charge >= 0.3 is 13.3 Å². The lowest BCUT2D eigenvalue weighted by Crippen LogP contribution is -2.23. The second-order valence-corrected chi connectivity index (χ2v) is 4.96. The summed E-state index contributed by atoms with van der Waals surface area (Å²) >= 11 is 1.64. The summed E-state index contributed by atoms with van der Waals surface area (Å²) in [5.41, 5.74) is 0.773. The number of rotatable bonds is 3. The van der Waals surface area contributed by atoms with Gasteiger partial charge in [0.1, 0.15) is 0 Å². The number of nitrogens with one attached hydrogen (secondary N) is 3. The lowest BCUT2D eigenvalue weighted by molar-refractivity contribution is -0.360. The first kappa shape index (κ1) is 18.8. The summed E-state index contributed by atoms with van der Waals surface area (Å²) < 4.78 is 39.0. The van der Waals surface area contributed by atoms with E-state index in [9.17, 15) is 22.1 Å². The van der Waals surface area contributed by atoms with Gasteiger partial charge < -0.3 is 17.3 Å². The third kappa shape index (κ3) is 9.40. The van der Waals surface area contributed by atoms with Gasteiger partial charge in [-0.25, -0.2) is 9.78 Å². The van der Waals surface area contributed by atoms with Crippen LogP contribution in [0, 0.1) is 0 Å². The zero-order valence-corrected chi connectivity index (χ0v) is 12.8. The van der Waals surface area contributed by atoms with Crippen molar-refractivity contribution in [1.29, 1.82) is 0 Å². The van der Waals surface area contributed by atoms with E-state index in [0.717, 1.165) is 10.6 Å². The van der Waals surface area contributed by atoms with E-state index < -0.39 is 7.25 Å². The van der Waals surface area contributed by atoms with Gasteiger partial charge in [-0.3, -0.25) is 5.32 Å². The van der Waals surface area contributed by atoms with E-state index in [0.29, 0.717) is 5.82 Å². The molecule has 0 unspecified atom stereocenters. The highest BCUT2D eigenvalue weighted by atomic mass is 32.2. The number of aromatic amines is 1. The first-order chi connectivity index (χ1) is 10.8. The average molecular weight is 347 g/mol. The van der Waals surface area contributed by atoms with Crippen molar-refractivity contribution in [1.82, 2.24) is 0 Å². The van der Waals surface area contributed by atoms with E-state index >= 15 is 0 Å². The van der Waals surface area contributed by atoms with Gasteiger partial charge in [0.2, 0.25) is 0 Å². The molecule has 1 aromatic carbocycles. The van der Waals surface area contributed by atoms with Gasteiger partial charge in [-0.05, 0) is 30.5 Å². The maximum Gasteiger partial charge on any atom is 0.673 e. The van der Waals surface area contributed by atoms with Crippen molar-refractivity contribution in [3.63, 3.8) is 0 Å². The van der Waals surface area contributed by atoms with E-state index in [4.69, 9.17) is 0 Å². The fraction of sp³-hybridized carbons (Fsp3) is 0.0769. The largest absolute Gasteiger partial charge is 0.673 e. The normalized spacial score (nSPS) is 10.3. The molecule has 0 aliphatic carbocycles. The quantitative estimate of drug-likeness (QED) is 0.498. The SMILES string of the molecule is CSc1cccc(NC(=O)Nc2cccc[nH+]2)c1.F[B-](F)(F)F. The van der Waals surface area contributed by atoms with Crippen LogP contribution in [-0.2, 0) is 0 Å². The van der Waals surface area contributed by atoms with Gasteiger partial charge in [-0.1, -0.05) is 12.1 Å². The molecule has 0 atom stereocenters. The van der Waals surface area contributed by atoms with E-state index in [2.05, 4.69) is 15.6 Å². The molecule has 1 heterocycles. The molecule has 0 spiro atoms. The third-order valence-corrected chi connectivity index (χ3v) is 3.01. The molecule has 0 aliphatic rings. The molecule has 0 fully saturated rings. The topological polar surface area (TPSA) is 55.3 Å². The smallest absolute Gasteiger partial charge is 0.418 e. The van der Waals surface area contributed by atoms with Crippen LogP contribution in [0.25, 0.3) is 0 Å². The monoisotopic (exact) mass is 347 g/mol. The van der Waals surface area contributed by atoms with E-state index in [1.807, 2.05) is 42.7 Å². The van der Waals surface area contributed by atoms with Gasteiger partial charge in [-0.2, -0.15) is 5.32 Å². The molecule has 0 aliphatic heterocycles. The number of carbonyl (C=O) groups is 1. The summed E-state index contributed by atoms with van der Waals surface area (Å²) in [4.78, 5) is 15.8. The Balaban J connectivity index is 0.000000463. The van der Waals surface area contributed by atoms with Crippen molar-refractivity contribution in [2.45, 2.75) is 4.90 Å². The van der Waals surface area contributed by atoms with Crippen molar-refractivity contribution in [3.05, 3.63) is 48.7 Å². The number of H-pyrrole nitrogens is 1. The molecule has 2 aromatic rings. The summed E-state index contributed by atoms with van der Waals surface area (Å²) in [5, 5.41) is 5.50. The summed E-state index contributed by atoms with van der Waals surface area (Å²) in [6, 6.07) is 12.9. The van der Waals surface area contributed by atoms with Gasteiger partial charge in [0, 0.05) is 16.6 Å². The lowest BCUT2D eigenvalue weighted by atomic mass is 10.3. The van der Waals surface area contributed by atoms with Crippen LogP contribution >= 0.6 is 11.8 Å². The Morgan fingerprint density at radius 2 is 1.78 bits per heavy atom. The van der Waals surface area contributed by atoms with Crippen LogP contribution in [0.4, 0.5) is 33.6 Å². The maximum absolute atomic E-state index is 11.7. The van der Waals surface area contributed by atoms with E-state index in [1.54, 1.807) is 24.0 Å². The molecule has 3 N–H and O–H groups in total. The van der Waals surface area contributed by atoms with Gasteiger partial charge in [0.05, 0.1) is 6.20 Å². The van der Waals surface area contributed by atoms with Crippen LogP contribution < -0.4 is 15.6 Å². The number of anilines is 2. The first-order valence-electron chi connectivity index (χ1n) is 6.34. The molecule has 4 nitrogen and oxygen atoms in total. The van der Waals surface area contributed by atoms with E-state index in [1.165, 1.54) is 0 Å². The number of carbonyl (C=O) groups excluding carboxylic acids is 1. The summed E-state index contributed by atoms with van der Waals surface area (Å²) in [5.74, 6) is 0.649. The van der Waals surface area contributed by atoms with Gasteiger partial charge in [0.15, 0.2) is 0 Å². The van der Waals surface area contributed by atoms with Crippen LogP contribution in [-0.4, -0.2) is 19.5 Å². The number of halogens is 4. The Labute approximate surface area is 134 Å². The van der Waals surface area contributed by atoms with Crippen LogP contribution in [0.2, 0.25) is 0 Å². The van der Waals surface area contributed by atoms with E-state index in [-0.39, 0.29) is 6.03 Å². The zero-order valence-electron chi connectivity index (χ0n) is 12.0. The fourth-order valence-corrected chi connectivity index (χ4v) is 1.92. The van der Waals surface area contributed by atoms with Crippen LogP contribution in [0.1, 0.15) is 0 Å². The molecule has 1 aromatic heterocycles. The molecule has 0 saturated carbocycles. The Morgan fingerprint density at radius 1 is 1.09 bits per heavy atom. The van der Waals surface area contributed by atoms with Crippen LogP contribution in [0.5, 0.6) is 0 Å². The van der Waals surface area contributed by atoms with Crippen molar-refractivity contribution >= 4 is 36.6 Å². The molecule has 23 heavy (non-hydrogen) atoms. The highest BCUT2D eigenvalue weighted by molar-refractivity contribution is 7.98. The maximum atomic E-state index is 11.7. The molecular weight excluding hydrogens is 333 g/mol. The highest BCUT2D eigenvalue weighted by Gasteiger charge is 2.20. The molecule has 124 valence electrons. The van der Waals surface area contributed by atoms with Gasteiger partial charge in [-0.15, -0.1) is 11.8 Å². The Bertz CT molecular complexity index is 622. The molecule has 10 heteroatoms. The van der Waals surface area contributed by atoms with Crippen LogP contribution in [0.3, 0.4) is 0 Å². The summed E-state index contributed by atoms with van der Waals surface area (Å²) in [6.45, 7) is 0.